The Morgan fingerprint density at radius 1 is 1.17 bits per heavy atom. The summed E-state index contributed by atoms with van der Waals surface area (Å²) in [7, 11) is 1.53. The zero-order valence-corrected chi connectivity index (χ0v) is 16.8. The van der Waals surface area contributed by atoms with Crippen LogP contribution in [0.1, 0.15) is 36.5 Å². The van der Waals surface area contributed by atoms with Crippen molar-refractivity contribution in [3.63, 3.8) is 0 Å². The normalized spacial score (nSPS) is 27.8. The van der Waals surface area contributed by atoms with Gasteiger partial charge in [-0.1, -0.05) is 24.3 Å². The van der Waals surface area contributed by atoms with Crippen molar-refractivity contribution in [2.45, 2.75) is 50.6 Å². The Morgan fingerprint density at radius 3 is 2.59 bits per heavy atom. The number of esters is 1. The first kappa shape index (κ1) is 19.7. The third-order valence-electron chi connectivity index (χ3n) is 5.93. The lowest BCUT2D eigenvalue weighted by Gasteiger charge is -2.37. The number of phenolic OH excluding ortho intramolecular Hbond substituents is 1. The number of ether oxygens (including phenoxy) is 3. The van der Waals surface area contributed by atoms with Crippen molar-refractivity contribution in [3.8, 4) is 11.5 Å². The third-order valence-corrected chi connectivity index (χ3v) is 5.93. The number of cyclic esters (lactones) is 1. The van der Waals surface area contributed by atoms with Gasteiger partial charge in [0.15, 0.2) is 0 Å². The number of fused-ring (bicyclic) bond motifs is 1. The van der Waals surface area contributed by atoms with Crippen LogP contribution in [-0.2, 0) is 27.1 Å². The molecule has 2 aromatic rings. The smallest absolute Gasteiger partial charge is 0.316 e. The maximum Gasteiger partial charge on any atom is 0.316 e. The van der Waals surface area contributed by atoms with Gasteiger partial charge in [-0.3, -0.25) is 4.79 Å². The average Bonchev–Trinajstić information content (AvgIpc) is 2.99. The van der Waals surface area contributed by atoms with E-state index in [0.29, 0.717) is 12.8 Å². The lowest BCUT2D eigenvalue weighted by molar-refractivity contribution is -0.161. The minimum atomic E-state index is -0.641. The number of phenols is 1. The summed E-state index contributed by atoms with van der Waals surface area (Å²) in [6, 6.07) is 12.6. The molecule has 4 rings (SSSR count). The lowest BCUT2D eigenvalue weighted by atomic mass is 9.82. The number of aliphatic hydroxyl groups excluding tert-OH is 1. The van der Waals surface area contributed by atoms with Gasteiger partial charge in [0.1, 0.15) is 17.1 Å². The minimum absolute atomic E-state index is 0.149. The van der Waals surface area contributed by atoms with Gasteiger partial charge in [-0.05, 0) is 55.2 Å². The van der Waals surface area contributed by atoms with E-state index in [4.69, 9.17) is 14.2 Å². The second kappa shape index (κ2) is 7.35. The molecule has 0 amide bonds. The van der Waals surface area contributed by atoms with Gasteiger partial charge >= 0.3 is 5.97 Å². The van der Waals surface area contributed by atoms with Crippen LogP contribution >= 0.6 is 0 Å². The quantitative estimate of drug-likeness (QED) is 0.771. The molecule has 4 atom stereocenters. The summed E-state index contributed by atoms with van der Waals surface area (Å²) in [6.45, 7) is 3.75. The van der Waals surface area contributed by atoms with E-state index in [1.807, 2.05) is 32.0 Å². The van der Waals surface area contributed by atoms with Gasteiger partial charge in [-0.15, -0.1) is 0 Å². The Balaban J connectivity index is 1.62. The molecule has 0 aromatic heterocycles. The fraction of sp³-hybridized carbons (Fsp3) is 0.435. The first-order chi connectivity index (χ1) is 13.8. The Morgan fingerprint density at radius 2 is 1.90 bits per heavy atom. The van der Waals surface area contributed by atoms with Crippen LogP contribution in [0.2, 0.25) is 0 Å². The van der Waals surface area contributed by atoms with Crippen molar-refractivity contribution in [1.29, 1.82) is 0 Å². The van der Waals surface area contributed by atoms with E-state index in [-0.39, 0.29) is 17.6 Å². The minimum Gasteiger partial charge on any atom is -0.508 e. The predicted molar refractivity (Wildman–Crippen MR) is 106 cm³/mol. The SMILES string of the molecule is CO[C@@H]1OC(=O)C(c2ccc(O)cc2)C1Cc1ccc2c(c1)CC(O)C(C)(C)O2. The average molecular weight is 398 g/mol. The first-order valence-corrected chi connectivity index (χ1v) is 9.79. The van der Waals surface area contributed by atoms with E-state index in [1.165, 1.54) is 7.11 Å². The lowest BCUT2D eigenvalue weighted by Crippen LogP contribution is -2.46. The predicted octanol–water partition coefficient (Wildman–Crippen LogP) is 2.94. The third kappa shape index (κ3) is 3.70. The molecule has 2 aliphatic rings. The van der Waals surface area contributed by atoms with Gasteiger partial charge in [-0.2, -0.15) is 0 Å². The molecule has 2 aromatic carbocycles. The Kier molecular flexibility index (Phi) is 5.00. The highest BCUT2D eigenvalue weighted by atomic mass is 16.7. The molecule has 0 aliphatic carbocycles. The van der Waals surface area contributed by atoms with Crippen LogP contribution in [0.4, 0.5) is 0 Å². The molecular weight excluding hydrogens is 372 g/mol. The van der Waals surface area contributed by atoms with Crippen molar-refractivity contribution < 1.29 is 29.2 Å². The fourth-order valence-corrected chi connectivity index (χ4v) is 4.21. The fourth-order valence-electron chi connectivity index (χ4n) is 4.21. The largest absolute Gasteiger partial charge is 0.508 e. The summed E-state index contributed by atoms with van der Waals surface area (Å²) < 4.78 is 16.8. The number of hydrogen-bond acceptors (Lipinski definition) is 6. The number of rotatable bonds is 4. The number of aromatic hydroxyl groups is 1. The van der Waals surface area contributed by atoms with Gasteiger partial charge in [-0.25, -0.2) is 0 Å². The van der Waals surface area contributed by atoms with Gasteiger partial charge in [0.25, 0.3) is 0 Å². The van der Waals surface area contributed by atoms with Crippen molar-refractivity contribution in [3.05, 3.63) is 59.2 Å². The summed E-state index contributed by atoms with van der Waals surface area (Å²) in [5, 5.41) is 19.9. The highest BCUT2D eigenvalue weighted by Crippen LogP contribution is 2.40. The molecule has 2 aliphatic heterocycles. The molecule has 0 spiro atoms. The first-order valence-electron chi connectivity index (χ1n) is 9.79. The van der Waals surface area contributed by atoms with Crippen molar-refractivity contribution in [1.82, 2.24) is 0 Å². The Labute approximate surface area is 170 Å². The maximum absolute atomic E-state index is 12.6. The van der Waals surface area contributed by atoms with Gasteiger partial charge in [0.2, 0.25) is 6.29 Å². The molecule has 29 heavy (non-hydrogen) atoms. The van der Waals surface area contributed by atoms with Crippen molar-refractivity contribution in [2.75, 3.05) is 7.11 Å². The van der Waals surface area contributed by atoms with Crippen LogP contribution in [-0.4, -0.2) is 41.3 Å². The molecule has 3 unspecified atom stereocenters. The monoisotopic (exact) mass is 398 g/mol. The maximum atomic E-state index is 12.6. The highest BCUT2D eigenvalue weighted by Gasteiger charge is 2.46. The number of aliphatic hydroxyl groups is 1. The van der Waals surface area contributed by atoms with Crippen LogP contribution in [0.15, 0.2) is 42.5 Å². The molecule has 1 fully saturated rings. The van der Waals surface area contributed by atoms with E-state index in [1.54, 1.807) is 24.3 Å². The topological polar surface area (TPSA) is 85.2 Å². The van der Waals surface area contributed by atoms with Crippen LogP contribution in [0.5, 0.6) is 11.5 Å². The number of benzene rings is 2. The highest BCUT2D eigenvalue weighted by molar-refractivity contribution is 5.81. The van der Waals surface area contributed by atoms with Crippen LogP contribution in [0.3, 0.4) is 0 Å². The molecule has 1 saturated heterocycles. The van der Waals surface area contributed by atoms with E-state index >= 15 is 0 Å². The summed E-state index contributed by atoms with van der Waals surface area (Å²) >= 11 is 0. The molecule has 2 N–H and O–H groups in total. The number of carbonyl (C=O) groups excluding carboxylic acids is 1. The summed E-state index contributed by atoms with van der Waals surface area (Å²) in [5.41, 5.74) is 2.14. The standard InChI is InChI=1S/C23H26O6/c1-23(2)19(25)12-15-10-13(4-9-18(15)29-23)11-17-20(21(26)28-22(17)27-3)14-5-7-16(24)8-6-14/h4-10,17,19-20,22,24-25H,11-12H2,1-3H3/t17?,19?,20?,22-/m1/s1. The summed E-state index contributed by atoms with van der Waals surface area (Å²) in [5.74, 6) is -0.0818. The summed E-state index contributed by atoms with van der Waals surface area (Å²) in [4.78, 5) is 12.6. The van der Waals surface area contributed by atoms with Crippen LogP contribution in [0, 0.1) is 5.92 Å². The molecule has 154 valence electrons. The number of hydrogen-bond donors (Lipinski definition) is 2. The van der Waals surface area contributed by atoms with E-state index in [0.717, 1.165) is 22.4 Å². The van der Waals surface area contributed by atoms with Gasteiger partial charge in [0.05, 0.1) is 12.0 Å². The number of carbonyl (C=O) groups is 1. The van der Waals surface area contributed by atoms with Crippen LogP contribution in [0.25, 0.3) is 0 Å². The Hall–Kier alpha value is -2.57. The molecule has 2 heterocycles. The van der Waals surface area contributed by atoms with Gasteiger partial charge in [0, 0.05) is 19.4 Å². The molecule has 0 radical (unpaired) electrons. The van der Waals surface area contributed by atoms with Crippen molar-refractivity contribution >= 4 is 5.97 Å². The molecular formula is C23H26O6. The van der Waals surface area contributed by atoms with Crippen LogP contribution < -0.4 is 4.74 Å². The molecule has 6 nitrogen and oxygen atoms in total. The zero-order chi connectivity index (χ0) is 20.8. The van der Waals surface area contributed by atoms with Crippen molar-refractivity contribution in [2.24, 2.45) is 5.92 Å². The number of methoxy groups -OCH3 is 1. The molecule has 0 bridgehead atoms. The summed E-state index contributed by atoms with van der Waals surface area (Å²) in [6.07, 6.45) is -0.135. The molecule has 6 heteroatoms. The van der Waals surface area contributed by atoms with E-state index in [2.05, 4.69) is 0 Å². The second-order valence-corrected chi connectivity index (χ2v) is 8.35. The zero-order valence-electron chi connectivity index (χ0n) is 16.8. The Bertz CT molecular complexity index is 904. The molecule has 0 saturated carbocycles. The van der Waals surface area contributed by atoms with E-state index < -0.39 is 23.9 Å². The van der Waals surface area contributed by atoms with Gasteiger partial charge < -0.3 is 24.4 Å². The van der Waals surface area contributed by atoms with E-state index in [9.17, 15) is 15.0 Å². The second-order valence-electron chi connectivity index (χ2n) is 8.35.